The Morgan fingerprint density at radius 3 is 2.43 bits per heavy atom. The largest absolute Gasteiger partial charge is 0.463 e. The summed E-state index contributed by atoms with van der Waals surface area (Å²) in [5, 5.41) is 12.1. The van der Waals surface area contributed by atoms with Crippen molar-refractivity contribution in [3.63, 3.8) is 0 Å². The monoisotopic (exact) mass is 286 g/mol. The lowest BCUT2D eigenvalue weighted by Crippen LogP contribution is -2.34. The lowest BCUT2D eigenvalue weighted by atomic mass is 10.2. The molecule has 0 atom stereocenters. The number of aryl methyl sites for hydroxylation is 1. The predicted octanol–water partition coefficient (Wildman–Crippen LogP) is 3.64. The average molecular weight is 286 g/mol. The molecule has 21 heavy (non-hydrogen) atoms. The van der Waals surface area contributed by atoms with Crippen LogP contribution in [0.1, 0.15) is 5.56 Å². The minimum atomic E-state index is -1.39. The summed E-state index contributed by atoms with van der Waals surface area (Å²) in [7, 11) is 0. The summed E-state index contributed by atoms with van der Waals surface area (Å²) in [5.74, 6) is 0. The van der Waals surface area contributed by atoms with E-state index in [0.29, 0.717) is 10.8 Å². The maximum absolute atomic E-state index is 11.8. The SMILES string of the molecule is Cc1cccc(NC(=O)ON(C(=O)O)c2ccccc2)c1. The van der Waals surface area contributed by atoms with Crippen LogP contribution < -0.4 is 10.4 Å². The summed E-state index contributed by atoms with van der Waals surface area (Å²) in [5.41, 5.74) is 1.73. The molecule has 0 aliphatic carbocycles. The minimum Gasteiger partial charge on any atom is -0.463 e. The van der Waals surface area contributed by atoms with Crippen LogP contribution >= 0.6 is 0 Å². The molecular formula is C15H14N2O4. The molecule has 2 amide bonds. The van der Waals surface area contributed by atoms with Crippen molar-refractivity contribution in [1.82, 2.24) is 0 Å². The Labute approximate surface area is 121 Å². The molecule has 0 aliphatic heterocycles. The maximum Gasteiger partial charge on any atom is 0.445 e. The smallest absolute Gasteiger partial charge is 0.445 e. The molecule has 0 saturated heterocycles. The first kappa shape index (κ1) is 14.4. The Kier molecular flexibility index (Phi) is 4.40. The van der Waals surface area contributed by atoms with E-state index in [4.69, 9.17) is 9.94 Å². The molecule has 0 spiro atoms. The van der Waals surface area contributed by atoms with Crippen molar-refractivity contribution in [3.8, 4) is 0 Å². The van der Waals surface area contributed by atoms with E-state index in [1.807, 2.05) is 13.0 Å². The van der Waals surface area contributed by atoms with Crippen molar-refractivity contribution in [3.05, 3.63) is 60.2 Å². The van der Waals surface area contributed by atoms with Gasteiger partial charge < -0.3 is 9.94 Å². The molecule has 0 fully saturated rings. The zero-order valence-electron chi connectivity index (χ0n) is 11.3. The van der Waals surface area contributed by atoms with Crippen LogP contribution in [0.15, 0.2) is 54.6 Å². The van der Waals surface area contributed by atoms with Gasteiger partial charge in [0, 0.05) is 5.69 Å². The van der Waals surface area contributed by atoms with Gasteiger partial charge in [-0.1, -0.05) is 30.3 Å². The summed E-state index contributed by atoms with van der Waals surface area (Å²) < 4.78 is 0. The van der Waals surface area contributed by atoms with E-state index in [2.05, 4.69) is 5.32 Å². The molecule has 0 saturated carbocycles. The molecule has 0 radical (unpaired) electrons. The molecule has 0 aromatic heterocycles. The molecule has 2 aromatic carbocycles. The zero-order valence-corrected chi connectivity index (χ0v) is 11.3. The van der Waals surface area contributed by atoms with Crippen LogP contribution in [0, 0.1) is 6.92 Å². The number of amides is 2. The van der Waals surface area contributed by atoms with Crippen molar-refractivity contribution in [2.75, 3.05) is 10.4 Å². The van der Waals surface area contributed by atoms with Crippen LogP contribution in [0.3, 0.4) is 0 Å². The van der Waals surface area contributed by atoms with Crippen LogP contribution in [-0.4, -0.2) is 17.3 Å². The lowest BCUT2D eigenvalue weighted by molar-refractivity contribution is 0.127. The van der Waals surface area contributed by atoms with Crippen molar-refractivity contribution in [2.24, 2.45) is 0 Å². The molecule has 6 heteroatoms. The fourth-order valence-corrected chi connectivity index (χ4v) is 1.71. The first-order valence-corrected chi connectivity index (χ1v) is 6.20. The number of hydrogen-bond donors (Lipinski definition) is 2. The van der Waals surface area contributed by atoms with Crippen molar-refractivity contribution in [1.29, 1.82) is 0 Å². The summed E-state index contributed by atoms with van der Waals surface area (Å²) in [6.07, 6.45) is -2.27. The van der Waals surface area contributed by atoms with Gasteiger partial charge in [-0.3, -0.25) is 5.32 Å². The van der Waals surface area contributed by atoms with Crippen LogP contribution in [-0.2, 0) is 4.84 Å². The normalized spacial score (nSPS) is 9.76. The highest BCUT2D eigenvalue weighted by Gasteiger charge is 2.19. The highest BCUT2D eigenvalue weighted by molar-refractivity contribution is 5.90. The van der Waals surface area contributed by atoms with Gasteiger partial charge >= 0.3 is 12.2 Å². The number of rotatable bonds is 2. The van der Waals surface area contributed by atoms with Gasteiger partial charge in [-0.25, -0.2) is 9.59 Å². The van der Waals surface area contributed by atoms with Gasteiger partial charge in [0.2, 0.25) is 0 Å². The van der Waals surface area contributed by atoms with Crippen molar-refractivity contribution in [2.45, 2.75) is 6.92 Å². The van der Waals surface area contributed by atoms with Gasteiger partial charge in [0.05, 0.1) is 5.69 Å². The molecule has 2 rings (SSSR count). The van der Waals surface area contributed by atoms with Crippen molar-refractivity contribution < 1.29 is 19.5 Å². The summed E-state index contributed by atoms with van der Waals surface area (Å²) in [4.78, 5) is 27.8. The Morgan fingerprint density at radius 2 is 1.81 bits per heavy atom. The number of benzene rings is 2. The molecule has 108 valence electrons. The van der Waals surface area contributed by atoms with Crippen LogP contribution in [0.2, 0.25) is 0 Å². The number of nitrogens with one attached hydrogen (secondary N) is 1. The lowest BCUT2D eigenvalue weighted by Gasteiger charge is -2.17. The van der Waals surface area contributed by atoms with Gasteiger partial charge in [0.1, 0.15) is 0 Å². The fraction of sp³-hybridized carbons (Fsp3) is 0.0667. The third-order valence-corrected chi connectivity index (χ3v) is 2.60. The molecule has 0 heterocycles. The Hall–Kier alpha value is -3.02. The molecule has 0 bridgehead atoms. The number of hydrogen-bond acceptors (Lipinski definition) is 3. The van der Waals surface area contributed by atoms with Crippen LogP contribution in [0.25, 0.3) is 0 Å². The first-order chi connectivity index (χ1) is 10.1. The van der Waals surface area contributed by atoms with E-state index in [1.165, 1.54) is 12.1 Å². The highest BCUT2D eigenvalue weighted by Crippen LogP contribution is 2.15. The predicted molar refractivity (Wildman–Crippen MR) is 78.2 cm³/mol. The van der Waals surface area contributed by atoms with E-state index >= 15 is 0 Å². The van der Waals surface area contributed by atoms with Crippen molar-refractivity contribution >= 4 is 23.6 Å². The maximum atomic E-state index is 11.8. The van der Waals surface area contributed by atoms with E-state index in [-0.39, 0.29) is 5.69 Å². The highest BCUT2D eigenvalue weighted by atomic mass is 16.7. The number of carbonyl (C=O) groups excluding carboxylic acids is 1. The summed E-state index contributed by atoms with van der Waals surface area (Å²) in [6.45, 7) is 1.88. The third kappa shape index (κ3) is 3.97. The molecule has 6 nitrogen and oxygen atoms in total. The Balaban J connectivity index is 2.07. The summed E-state index contributed by atoms with van der Waals surface area (Å²) in [6, 6.07) is 15.1. The Bertz CT molecular complexity index is 643. The molecular weight excluding hydrogens is 272 g/mol. The number of anilines is 2. The molecule has 2 N–H and O–H groups in total. The molecule has 0 unspecified atom stereocenters. The van der Waals surface area contributed by atoms with Crippen LogP contribution in [0.4, 0.5) is 21.0 Å². The Morgan fingerprint density at radius 1 is 1.10 bits per heavy atom. The second-order valence-electron chi connectivity index (χ2n) is 4.29. The number of carboxylic acid groups (broad SMARTS) is 1. The van der Waals surface area contributed by atoms with Gasteiger partial charge in [0.15, 0.2) is 0 Å². The topological polar surface area (TPSA) is 78.9 Å². The first-order valence-electron chi connectivity index (χ1n) is 6.20. The number of para-hydroxylation sites is 1. The van der Waals surface area contributed by atoms with Gasteiger partial charge in [-0.2, -0.15) is 0 Å². The summed E-state index contributed by atoms with van der Waals surface area (Å²) >= 11 is 0. The van der Waals surface area contributed by atoms with Gasteiger partial charge in [-0.05, 0) is 36.8 Å². The average Bonchev–Trinajstić information content (AvgIpc) is 2.45. The fourth-order valence-electron chi connectivity index (χ4n) is 1.71. The second-order valence-corrected chi connectivity index (χ2v) is 4.29. The van der Waals surface area contributed by atoms with E-state index in [1.54, 1.807) is 36.4 Å². The molecule has 0 aliphatic rings. The van der Waals surface area contributed by atoms with Gasteiger partial charge in [0.25, 0.3) is 0 Å². The van der Waals surface area contributed by atoms with E-state index in [0.717, 1.165) is 5.56 Å². The standard InChI is InChI=1S/C15H14N2O4/c1-11-6-5-7-12(10-11)16-14(18)21-17(15(19)20)13-8-3-2-4-9-13/h2-10H,1H3,(H,16,18)(H,19,20). The number of nitrogens with zero attached hydrogens (tertiary/aromatic N) is 1. The van der Waals surface area contributed by atoms with E-state index < -0.39 is 12.2 Å². The quantitative estimate of drug-likeness (QED) is 0.826. The number of carbonyl (C=O) groups is 2. The second kappa shape index (κ2) is 6.42. The third-order valence-electron chi connectivity index (χ3n) is 2.60. The molecule has 2 aromatic rings. The van der Waals surface area contributed by atoms with E-state index in [9.17, 15) is 9.59 Å². The number of hydroxylamine groups is 1. The zero-order chi connectivity index (χ0) is 15.2. The van der Waals surface area contributed by atoms with Gasteiger partial charge in [-0.15, -0.1) is 5.06 Å². The minimum absolute atomic E-state index is 0.240. The van der Waals surface area contributed by atoms with Crippen LogP contribution in [0.5, 0.6) is 0 Å².